The molecule has 0 saturated carbocycles. The van der Waals surface area contributed by atoms with Crippen LogP contribution < -0.4 is 0 Å². The Kier molecular flexibility index (Phi) is 2.06. The smallest absolute Gasteiger partial charge is 0.325 e. The lowest BCUT2D eigenvalue weighted by atomic mass is 10.3. The molecular formula is C9H8N2O3. The minimum Gasteiger partial charge on any atom is -0.480 e. The van der Waals surface area contributed by atoms with Crippen LogP contribution in [0.25, 0.3) is 11.5 Å². The van der Waals surface area contributed by atoms with Crippen LogP contribution in [0.1, 0.15) is 0 Å². The maximum Gasteiger partial charge on any atom is 0.325 e. The molecule has 0 spiro atoms. The van der Waals surface area contributed by atoms with E-state index in [1.807, 2.05) is 0 Å². The van der Waals surface area contributed by atoms with Crippen LogP contribution in [0.4, 0.5) is 0 Å². The van der Waals surface area contributed by atoms with Gasteiger partial charge in [-0.25, -0.2) is 0 Å². The average Bonchev–Trinajstić information content (AvgIpc) is 2.69. The Balaban J connectivity index is 2.22. The van der Waals surface area contributed by atoms with E-state index < -0.39 is 5.97 Å². The number of carbonyl (C=O) groups is 1. The fourth-order valence-electron chi connectivity index (χ4n) is 1.14. The van der Waals surface area contributed by atoms with Gasteiger partial charge in [-0.1, -0.05) is 0 Å². The van der Waals surface area contributed by atoms with Crippen LogP contribution in [0.3, 0.4) is 0 Å². The molecule has 0 atom stereocenters. The highest BCUT2D eigenvalue weighted by Gasteiger charge is 2.06. The first-order valence-electron chi connectivity index (χ1n) is 4.05. The molecule has 0 radical (unpaired) electrons. The molecule has 0 aromatic carbocycles. The van der Waals surface area contributed by atoms with Crippen molar-refractivity contribution in [3.8, 4) is 11.5 Å². The van der Waals surface area contributed by atoms with Crippen molar-refractivity contribution in [3.63, 3.8) is 0 Å². The van der Waals surface area contributed by atoms with E-state index in [0.717, 1.165) is 0 Å². The van der Waals surface area contributed by atoms with Crippen LogP contribution >= 0.6 is 0 Å². The first-order valence-corrected chi connectivity index (χ1v) is 4.05. The largest absolute Gasteiger partial charge is 0.480 e. The summed E-state index contributed by atoms with van der Waals surface area (Å²) < 4.78 is 6.46. The summed E-state index contributed by atoms with van der Waals surface area (Å²) in [4.78, 5) is 10.4. The van der Waals surface area contributed by atoms with Gasteiger partial charge in [0.15, 0.2) is 5.76 Å². The molecule has 0 aliphatic rings. The van der Waals surface area contributed by atoms with Gasteiger partial charge in [-0.05, 0) is 18.2 Å². The molecule has 72 valence electrons. The van der Waals surface area contributed by atoms with Crippen LogP contribution in [-0.2, 0) is 11.3 Å². The van der Waals surface area contributed by atoms with Crippen molar-refractivity contribution in [1.82, 2.24) is 9.78 Å². The van der Waals surface area contributed by atoms with Crippen LogP contribution in [0.15, 0.2) is 35.1 Å². The summed E-state index contributed by atoms with van der Waals surface area (Å²) in [7, 11) is 0. The van der Waals surface area contributed by atoms with E-state index in [1.165, 1.54) is 4.68 Å². The van der Waals surface area contributed by atoms with E-state index >= 15 is 0 Å². The van der Waals surface area contributed by atoms with Crippen molar-refractivity contribution >= 4 is 5.97 Å². The molecule has 5 nitrogen and oxygen atoms in total. The van der Waals surface area contributed by atoms with Crippen LogP contribution in [0.5, 0.6) is 0 Å². The van der Waals surface area contributed by atoms with Crippen LogP contribution in [-0.4, -0.2) is 20.9 Å². The number of carboxylic acid groups (broad SMARTS) is 1. The molecule has 2 aromatic heterocycles. The fraction of sp³-hybridized carbons (Fsp3) is 0.111. The fourth-order valence-corrected chi connectivity index (χ4v) is 1.14. The van der Waals surface area contributed by atoms with E-state index in [-0.39, 0.29) is 6.54 Å². The Labute approximate surface area is 79.6 Å². The average molecular weight is 192 g/mol. The summed E-state index contributed by atoms with van der Waals surface area (Å²) >= 11 is 0. The van der Waals surface area contributed by atoms with Gasteiger partial charge in [0.2, 0.25) is 0 Å². The predicted molar refractivity (Wildman–Crippen MR) is 47.6 cm³/mol. The number of hydrogen-bond acceptors (Lipinski definition) is 3. The normalized spacial score (nSPS) is 10.3. The topological polar surface area (TPSA) is 68.3 Å². The molecule has 2 aromatic rings. The van der Waals surface area contributed by atoms with Gasteiger partial charge in [-0.3, -0.25) is 9.48 Å². The highest BCUT2D eigenvalue weighted by atomic mass is 16.4. The lowest BCUT2D eigenvalue weighted by Crippen LogP contribution is -2.08. The van der Waals surface area contributed by atoms with E-state index in [1.54, 1.807) is 30.7 Å². The minimum absolute atomic E-state index is 0.138. The van der Waals surface area contributed by atoms with E-state index in [0.29, 0.717) is 11.5 Å². The van der Waals surface area contributed by atoms with Gasteiger partial charge in [0.25, 0.3) is 0 Å². The number of rotatable bonds is 3. The first kappa shape index (κ1) is 8.55. The molecule has 0 bridgehead atoms. The molecule has 1 N–H and O–H groups in total. The van der Waals surface area contributed by atoms with Gasteiger partial charge >= 0.3 is 5.97 Å². The Morgan fingerprint density at radius 2 is 2.43 bits per heavy atom. The molecule has 0 saturated heterocycles. The second-order valence-electron chi connectivity index (χ2n) is 2.77. The SMILES string of the molecule is O=C(O)Cn1ccc(-c2ccco2)n1. The second kappa shape index (κ2) is 3.37. The zero-order valence-corrected chi connectivity index (χ0v) is 7.25. The van der Waals surface area contributed by atoms with Crippen molar-refractivity contribution in [2.45, 2.75) is 6.54 Å². The summed E-state index contributed by atoms with van der Waals surface area (Å²) in [5.74, 6) is -0.284. The maximum atomic E-state index is 10.4. The van der Waals surface area contributed by atoms with E-state index in [4.69, 9.17) is 9.52 Å². The zero-order chi connectivity index (χ0) is 9.97. The third kappa shape index (κ3) is 1.66. The summed E-state index contributed by atoms with van der Waals surface area (Å²) in [6, 6.07) is 5.24. The molecule has 0 unspecified atom stereocenters. The highest BCUT2D eigenvalue weighted by Crippen LogP contribution is 2.16. The second-order valence-corrected chi connectivity index (χ2v) is 2.77. The number of hydrogen-bond donors (Lipinski definition) is 1. The summed E-state index contributed by atoms with van der Waals surface area (Å²) in [5.41, 5.74) is 0.635. The third-order valence-corrected chi connectivity index (χ3v) is 1.71. The van der Waals surface area contributed by atoms with Crippen molar-refractivity contribution in [1.29, 1.82) is 0 Å². The quantitative estimate of drug-likeness (QED) is 0.794. The summed E-state index contributed by atoms with van der Waals surface area (Å²) in [5, 5.41) is 12.6. The number of aliphatic carboxylic acids is 1. The number of furan rings is 1. The van der Waals surface area contributed by atoms with Crippen molar-refractivity contribution < 1.29 is 14.3 Å². The van der Waals surface area contributed by atoms with Crippen molar-refractivity contribution in [2.75, 3.05) is 0 Å². The Bertz CT molecular complexity index is 431. The minimum atomic E-state index is -0.918. The Morgan fingerprint density at radius 1 is 1.57 bits per heavy atom. The van der Waals surface area contributed by atoms with Gasteiger partial charge in [0.1, 0.15) is 12.2 Å². The molecule has 0 aliphatic carbocycles. The number of aromatic nitrogens is 2. The van der Waals surface area contributed by atoms with Gasteiger partial charge in [0, 0.05) is 6.20 Å². The van der Waals surface area contributed by atoms with Crippen molar-refractivity contribution in [3.05, 3.63) is 30.7 Å². The molecule has 5 heteroatoms. The molecule has 0 fully saturated rings. The lowest BCUT2D eigenvalue weighted by molar-refractivity contribution is -0.137. The third-order valence-electron chi connectivity index (χ3n) is 1.71. The van der Waals surface area contributed by atoms with Crippen LogP contribution in [0.2, 0.25) is 0 Å². The van der Waals surface area contributed by atoms with Crippen molar-refractivity contribution in [2.24, 2.45) is 0 Å². The number of carboxylic acids is 1. The van der Waals surface area contributed by atoms with Gasteiger partial charge in [0.05, 0.1) is 6.26 Å². The molecule has 0 amide bonds. The standard InChI is InChI=1S/C9H8N2O3/c12-9(13)6-11-4-3-7(10-11)8-2-1-5-14-8/h1-5H,6H2,(H,12,13). The first-order chi connectivity index (χ1) is 6.75. The number of nitrogens with zero attached hydrogens (tertiary/aromatic N) is 2. The molecule has 0 aliphatic heterocycles. The molecule has 2 rings (SSSR count). The van der Waals surface area contributed by atoms with Crippen LogP contribution in [0, 0.1) is 0 Å². The maximum absolute atomic E-state index is 10.4. The van der Waals surface area contributed by atoms with E-state index in [2.05, 4.69) is 5.10 Å². The summed E-state index contributed by atoms with van der Waals surface area (Å²) in [6.07, 6.45) is 3.15. The summed E-state index contributed by atoms with van der Waals surface area (Å²) in [6.45, 7) is -0.138. The zero-order valence-electron chi connectivity index (χ0n) is 7.25. The Hall–Kier alpha value is -2.04. The predicted octanol–water partition coefficient (Wildman–Crippen LogP) is 1.23. The Morgan fingerprint density at radius 3 is 3.07 bits per heavy atom. The molecule has 14 heavy (non-hydrogen) atoms. The molecular weight excluding hydrogens is 184 g/mol. The van der Waals surface area contributed by atoms with Gasteiger partial charge in [-0.15, -0.1) is 0 Å². The monoisotopic (exact) mass is 192 g/mol. The molecule has 2 heterocycles. The van der Waals surface area contributed by atoms with E-state index in [9.17, 15) is 4.79 Å². The van der Waals surface area contributed by atoms with Gasteiger partial charge in [-0.2, -0.15) is 5.10 Å². The van der Waals surface area contributed by atoms with Gasteiger partial charge < -0.3 is 9.52 Å². The highest BCUT2D eigenvalue weighted by molar-refractivity contribution is 5.66. The lowest BCUT2D eigenvalue weighted by Gasteiger charge is -1.93.